The van der Waals surface area contributed by atoms with E-state index < -0.39 is 21.7 Å². The van der Waals surface area contributed by atoms with E-state index in [1.54, 1.807) is 36.4 Å². The van der Waals surface area contributed by atoms with Crippen molar-refractivity contribution in [2.24, 2.45) is 0 Å². The molecule has 0 radical (unpaired) electrons. The van der Waals surface area contributed by atoms with Crippen LogP contribution in [0.5, 0.6) is 5.75 Å². The fourth-order valence-corrected chi connectivity index (χ4v) is 3.27. The Balaban J connectivity index is 1.93. The summed E-state index contributed by atoms with van der Waals surface area (Å²) in [6, 6.07) is 13.8. The minimum absolute atomic E-state index is 0.0348. The molecule has 0 atom stereocenters. The van der Waals surface area contributed by atoms with E-state index in [0.29, 0.717) is 17.1 Å². The summed E-state index contributed by atoms with van der Waals surface area (Å²) < 4.78 is 32.2. The molecule has 0 heterocycles. The Morgan fingerprint density at radius 2 is 1.58 bits per heavy atom. The van der Waals surface area contributed by atoms with E-state index in [4.69, 9.17) is 4.74 Å². The van der Waals surface area contributed by atoms with Gasteiger partial charge in [-0.25, -0.2) is 8.42 Å². The number of aryl methyl sites for hydroxylation is 1. The van der Waals surface area contributed by atoms with Gasteiger partial charge >= 0.3 is 0 Å². The zero-order chi connectivity index (χ0) is 19.2. The third-order valence-corrected chi connectivity index (χ3v) is 4.66. The Hall–Kier alpha value is -2.54. The lowest BCUT2D eigenvalue weighted by atomic mass is 10.1. The Kier molecular flexibility index (Phi) is 6.63. The number of carbonyl (C=O) groups excluding carboxylic acids is 1. The molecular weight excluding hydrogens is 352 g/mol. The lowest BCUT2D eigenvalue weighted by molar-refractivity contribution is -0.113. The van der Waals surface area contributed by atoms with Crippen molar-refractivity contribution in [3.05, 3.63) is 54.1 Å². The van der Waals surface area contributed by atoms with Crippen molar-refractivity contribution in [3.63, 3.8) is 0 Å². The number of nitrogens with one attached hydrogen (secondary N) is 2. The van der Waals surface area contributed by atoms with Crippen LogP contribution in [0.3, 0.4) is 0 Å². The van der Waals surface area contributed by atoms with Crippen LogP contribution < -0.4 is 14.8 Å². The van der Waals surface area contributed by atoms with E-state index in [9.17, 15) is 13.2 Å². The molecule has 7 heteroatoms. The van der Waals surface area contributed by atoms with Crippen LogP contribution in [-0.4, -0.2) is 26.2 Å². The van der Waals surface area contributed by atoms with Crippen LogP contribution in [0.25, 0.3) is 0 Å². The van der Waals surface area contributed by atoms with Crippen molar-refractivity contribution in [1.82, 2.24) is 0 Å². The Labute approximate surface area is 154 Å². The highest BCUT2D eigenvalue weighted by Crippen LogP contribution is 2.18. The van der Waals surface area contributed by atoms with Gasteiger partial charge in [0.15, 0.2) is 0 Å². The summed E-state index contributed by atoms with van der Waals surface area (Å²) in [4.78, 5) is 12.0. The number of benzene rings is 2. The van der Waals surface area contributed by atoms with Crippen LogP contribution in [0.15, 0.2) is 48.5 Å². The van der Waals surface area contributed by atoms with Crippen LogP contribution >= 0.6 is 0 Å². The van der Waals surface area contributed by atoms with E-state index in [1.807, 2.05) is 32.9 Å². The number of anilines is 2. The molecule has 6 nitrogen and oxygen atoms in total. The van der Waals surface area contributed by atoms with Crippen LogP contribution in [0.4, 0.5) is 11.4 Å². The van der Waals surface area contributed by atoms with Crippen LogP contribution in [0.1, 0.15) is 26.3 Å². The highest BCUT2D eigenvalue weighted by molar-refractivity contribution is 7.93. The lowest BCUT2D eigenvalue weighted by Crippen LogP contribution is -2.27. The molecule has 0 aromatic heterocycles. The van der Waals surface area contributed by atoms with Gasteiger partial charge in [-0.15, -0.1) is 0 Å². The fraction of sp³-hybridized carbons (Fsp3) is 0.316. The molecule has 0 unspecified atom stereocenters. The summed E-state index contributed by atoms with van der Waals surface area (Å²) in [6.07, 6.45) is 0.931. The number of carbonyl (C=O) groups is 1. The van der Waals surface area contributed by atoms with Crippen molar-refractivity contribution in [3.8, 4) is 5.75 Å². The predicted octanol–water partition coefficient (Wildman–Crippen LogP) is 3.42. The van der Waals surface area contributed by atoms with Gasteiger partial charge in [-0.05, 0) is 62.2 Å². The van der Waals surface area contributed by atoms with E-state index >= 15 is 0 Å². The van der Waals surface area contributed by atoms with Crippen molar-refractivity contribution in [2.45, 2.75) is 33.3 Å². The van der Waals surface area contributed by atoms with Crippen molar-refractivity contribution < 1.29 is 17.9 Å². The van der Waals surface area contributed by atoms with E-state index in [2.05, 4.69) is 10.0 Å². The fourth-order valence-electron chi connectivity index (χ4n) is 2.28. The van der Waals surface area contributed by atoms with Gasteiger partial charge in [0.25, 0.3) is 0 Å². The minimum atomic E-state index is -3.81. The second-order valence-electron chi connectivity index (χ2n) is 6.15. The highest BCUT2D eigenvalue weighted by atomic mass is 32.2. The highest BCUT2D eigenvalue weighted by Gasteiger charge is 2.17. The lowest BCUT2D eigenvalue weighted by Gasteiger charge is -2.11. The summed E-state index contributed by atoms with van der Waals surface area (Å²) in [6.45, 7) is 5.85. The SMILES string of the molecule is CCc1ccc(NC(=O)CS(=O)(=O)Nc2ccc(OC(C)C)cc2)cc1. The molecule has 2 aromatic carbocycles. The van der Waals surface area contributed by atoms with E-state index in [1.165, 1.54) is 0 Å². The number of ether oxygens (including phenoxy) is 1. The van der Waals surface area contributed by atoms with Gasteiger partial charge in [0.2, 0.25) is 15.9 Å². The summed E-state index contributed by atoms with van der Waals surface area (Å²) in [7, 11) is -3.81. The first-order valence-electron chi connectivity index (χ1n) is 8.43. The maximum absolute atomic E-state index is 12.2. The van der Waals surface area contributed by atoms with Gasteiger partial charge < -0.3 is 10.1 Å². The van der Waals surface area contributed by atoms with Crippen LogP contribution in [-0.2, 0) is 21.2 Å². The van der Waals surface area contributed by atoms with Gasteiger partial charge in [-0.2, -0.15) is 0 Å². The molecule has 1 amide bonds. The molecule has 2 aromatic rings. The molecule has 0 saturated carbocycles. The van der Waals surface area contributed by atoms with Crippen molar-refractivity contribution in [1.29, 1.82) is 0 Å². The maximum Gasteiger partial charge on any atom is 0.241 e. The molecule has 0 bridgehead atoms. The van der Waals surface area contributed by atoms with E-state index in [-0.39, 0.29) is 6.10 Å². The Morgan fingerprint density at radius 1 is 1.00 bits per heavy atom. The summed E-state index contributed by atoms with van der Waals surface area (Å²) in [5.74, 6) is -0.606. The first kappa shape index (κ1) is 19.8. The van der Waals surface area contributed by atoms with Gasteiger partial charge in [0.05, 0.1) is 6.10 Å². The van der Waals surface area contributed by atoms with Crippen LogP contribution in [0.2, 0.25) is 0 Å². The first-order valence-corrected chi connectivity index (χ1v) is 10.1. The second-order valence-corrected chi connectivity index (χ2v) is 7.87. The maximum atomic E-state index is 12.2. The number of hydrogen-bond acceptors (Lipinski definition) is 4. The zero-order valence-electron chi connectivity index (χ0n) is 15.2. The summed E-state index contributed by atoms with van der Waals surface area (Å²) in [5, 5.41) is 2.59. The molecule has 140 valence electrons. The number of amides is 1. The smallest absolute Gasteiger partial charge is 0.241 e. The van der Waals surface area contributed by atoms with Crippen LogP contribution in [0, 0.1) is 0 Å². The third kappa shape index (κ3) is 6.40. The topological polar surface area (TPSA) is 84.5 Å². The minimum Gasteiger partial charge on any atom is -0.491 e. The third-order valence-electron chi connectivity index (χ3n) is 3.47. The largest absolute Gasteiger partial charge is 0.491 e. The number of rotatable bonds is 8. The predicted molar refractivity (Wildman–Crippen MR) is 104 cm³/mol. The summed E-state index contributed by atoms with van der Waals surface area (Å²) in [5.41, 5.74) is 2.08. The van der Waals surface area contributed by atoms with Gasteiger partial charge in [0.1, 0.15) is 11.5 Å². The monoisotopic (exact) mass is 376 g/mol. The molecule has 0 aliphatic rings. The average molecular weight is 376 g/mol. The van der Waals surface area contributed by atoms with Crippen molar-refractivity contribution in [2.75, 3.05) is 15.8 Å². The quantitative estimate of drug-likeness (QED) is 0.739. The normalized spacial score (nSPS) is 11.2. The van der Waals surface area contributed by atoms with E-state index in [0.717, 1.165) is 12.0 Å². The average Bonchev–Trinajstić information content (AvgIpc) is 2.56. The first-order chi connectivity index (χ1) is 12.3. The molecule has 2 N–H and O–H groups in total. The van der Waals surface area contributed by atoms with Gasteiger partial charge in [-0.3, -0.25) is 9.52 Å². The molecule has 0 spiro atoms. The number of hydrogen-bond donors (Lipinski definition) is 2. The zero-order valence-corrected chi connectivity index (χ0v) is 16.0. The molecule has 26 heavy (non-hydrogen) atoms. The molecule has 0 saturated heterocycles. The Bertz CT molecular complexity index is 829. The molecule has 0 aliphatic carbocycles. The standard InChI is InChI=1S/C19H24N2O4S/c1-4-15-5-7-16(8-6-15)20-19(22)13-26(23,24)21-17-9-11-18(12-10-17)25-14(2)3/h5-12,14,21H,4,13H2,1-3H3,(H,20,22). The molecule has 0 aliphatic heterocycles. The molecule has 0 fully saturated rings. The van der Waals surface area contributed by atoms with Gasteiger partial charge in [-0.1, -0.05) is 19.1 Å². The number of sulfonamides is 1. The van der Waals surface area contributed by atoms with Crippen molar-refractivity contribution >= 4 is 27.3 Å². The molecular formula is C19H24N2O4S. The molecule has 2 rings (SSSR count). The summed E-state index contributed by atoms with van der Waals surface area (Å²) >= 11 is 0. The Morgan fingerprint density at radius 3 is 2.12 bits per heavy atom. The second kappa shape index (κ2) is 8.71. The van der Waals surface area contributed by atoms with Gasteiger partial charge in [0, 0.05) is 11.4 Å².